The zero-order valence-electron chi connectivity index (χ0n) is 10.6. The van der Waals surface area contributed by atoms with Crippen molar-refractivity contribution in [1.29, 1.82) is 0 Å². The standard InChI is InChI=1S/C14H14Br2ClNS/c1-3-18-13(12-7-11(16)14(17)19-12)9-5-4-6-10(15)8(9)2/h4-7,13,18H,3H2,1-2H3. The van der Waals surface area contributed by atoms with Crippen molar-refractivity contribution < 1.29 is 0 Å². The first-order chi connectivity index (χ1) is 9.04. The van der Waals surface area contributed by atoms with E-state index in [0.717, 1.165) is 19.8 Å². The second kappa shape index (κ2) is 6.72. The maximum atomic E-state index is 6.17. The summed E-state index contributed by atoms with van der Waals surface area (Å²) in [6.45, 7) is 5.16. The quantitative estimate of drug-likeness (QED) is 0.642. The van der Waals surface area contributed by atoms with Crippen molar-refractivity contribution in [3.8, 4) is 0 Å². The molecule has 1 heterocycles. The predicted molar refractivity (Wildman–Crippen MR) is 91.4 cm³/mol. The summed E-state index contributed by atoms with van der Waals surface area (Å²) >= 11 is 14.9. The first-order valence-electron chi connectivity index (χ1n) is 5.97. The fraction of sp³-hybridized carbons (Fsp3) is 0.286. The van der Waals surface area contributed by atoms with Crippen LogP contribution in [0, 0.1) is 6.92 Å². The molecule has 0 aliphatic rings. The molecule has 102 valence electrons. The van der Waals surface area contributed by atoms with E-state index in [-0.39, 0.29) is 6.04 Å². The SMILES string of the molecule is CCNC(c1cc(Br)c(Cl)s1)c1cccc(Br)c1C. The zero-order chi connectivity index (χ0) is 14.0. The molecule has 5 heteroatoms. The van der Waals surface area contributed by atoms with E-state index in [0.29, 0.717) is 0 Å². The average molecular weight is 424 g/mol. The van der Waals surface area contributed by atoms with Gasteiger partial charge in [0, 0.05) is 13.8 Å². The van der Waals surface area contributed by atoms with Crippen molar-refractivity contribution in [2.45, 2.75) is 19.9 Å². The highest BCUT2D eigenvalue weighted by Gasteiger charge is 2.19. The summed E-state index contributed by atoms with van der Waals surface area (Å²) in [6, 6.07) is 8.58. The minimum Gasteiger partial charge on any atom is -0.306 e. The van der Waals surface area contributed by atoms with E-state index in [9.17, 15) is 0 Å². The largest absolute Gasteiger partial charge is 0.306 e. The van der Waals surface area contributed by atoms with Gasteiger partial charge in [-0.25, -0.2) is 0 Å². The Morgan fingerprint density at radius 2 is 2.05 bits per heavy atom. The summed E-state index contributed by atoms with van der Waals surface area (Å²) in [5.74, 6) is 0. The van der Waals surface area contributed by atoms with E-state index in [1.807, 2.05) is 0 Å². The summed E-state index contributed by atoms with van der Waals surface area (Å²) in [7, 11) is 0. The van der Waals surface area contributed by atoms with E-state index < -0.39 is 0 Å². The van der Waals surface area contributed by atoms with Crippen LogP contribution in [0.1, 0.15) is 29.0 Å². The van der Waals surface area contributed by atoms with Crippen LogP contribution in [-0.2, 0) is 0 Å². The molecule has 2 rings (SSSR count). The van der Waals surface area contributed by atoms with Gasteiger partial charge in [0.05, 0.1) is 6.04 Å². The van der Waals surface area contributed by atoms with Gasteiger partial charge in [-0.05, 0) is 52.7 Å². The van der Waals surface area contributed by atoms with Crippen molar-refractivity contribution in [3.05, 3.63) is 53.6 Å². The van der Waals surface area contributed by atoms with E-state index in [4.69, 9.17) is 11.6 Å². The summed E-state index contributed by atoms with van der Waals surface area (Å²) in [4.78, 5) is 1.22. The topological polar surface area (TPSA) is 12.0 Å². The van der Waals surface area contributed by atoms with Crippen LogP contribution >= 0.6 is 54.8 Å². The molecule has 0 spiro atoms. The van der Waals surface area contributed by atoms with Crippen molar-refractivity contribution in [1.82, 2.24) is 5.32 Å². The highest BCUT2D eigenvalue weighted by molar-refractivity contribution is 9.10. The van der Waals surface area contributed by atoms with Crippen molar-refractivity contribution in [3.63, 3.8) is 0 Å². The smallest absolute Gasteiger partial charge is 0.107 e. The van der Waals surface area contributed by atoms with Crippen molar-refractivity contribution >= 4 is 54.8 Å². The molecule has 1 unspecified atom stereocenters. The van der Waals surface area contributed by atoms with Crippen LogP contribution in [0.5, 0.6) is 0 Å². The van der Waals surface area contributed by atoms with Gasteiger partial charge >= 0.3 is 0 Å². The Morgan fingerprint density at radius 3 is 2.63 bits per heavy atom. The first kappa shape index (κ1) is 15.5. The second-order valence-electron chi connectivity index (χ2n) is 4.22. The lowest BCUT2D eigenvalue weighted by molar-refractivity contribution is 0.636. The van der Waals surface area contributed by atoms with Crippen LogP contribution in [0.15, 0.2) is 33.2 Å². The number of hydrogen-bond acceptors (Lipinski definition) is 2. The fourth-order valence-corrected chi connectivity index (χ4v) is 4.22. The zero-order valence-corrected chi connectivity index (χ0v) is 15.4. The van der Waals surface area contributed by atoms with Crippen molar-refractivity contribution in [2.75, 3.05) is 6.54 Å². The number of benzene rings is 1. The van der Waals surface area contributed by atoms with Crippen LogP contribution in [0.25, 0.3) is 0 Å². The van der Waals surface area contributed by atoms with Crippen LogP contribution in [0.2, 0.25) is 4.34 Å². The summed E-state index contributed by atoms with van der Waals surface area (Å²) in [5.41, 5.74) is 2.54. The lowest BCUT2D eigenvalue weighted by Crippen LogP contribution is -2.22. The molecule has 1 N–H and O–H groups in total. The highest BCUT2D eigenvalue weighted by Crippen LogP contribution is 2.38. The third-order valence-electron chi connectivity index (χ3n) is 2.98. The molecule has 0 amide bonds. The normalized spacial score (nSPS) is 12.7. The van der Waals surface area contributed by atoms with Crippen molar-refractivity contribution in [2.24, 2.45) is 0 Å². The van der Waals surface area contributed by atoms with Gasteiger partial charge in [-0.3, -0.25) is 0 Å². The molecular formula is C14H14Br2ClNS. The molecule has 0 radical (unpaired) electrons. The maximum Gasteiger partial charge on any atom is 0.107 e. The third kappa shape index (κ3) is 3.42. The minimum absolute atomic E-state index is 0.177. The fourth-order valence-electron chi connectivity index (χ4n) is 2.01. The van der Waals surface area contributed by atoms with Crippen LogP contribution in [0.4, 0.5) is 0 Å². The monoisotopic (exact) mass is 421 g/mol. The first-order valence-corrected chi connectivity index (χ1v) is 8.75. The molecule has 0 aliphatic heterocycles. The van der Waals surface area contributed by atoms with Gasteiger partial charge in [-0.1, -0.05) is 46.6 Å². The van der Waals surface area contributed by atoms with Gasteiger partial charge in [0.1, 0.15) is 4.34 Å². The van der Waals surface area contributed by atoms with Gasteiger partial charge in [0.25, 0.3) is 0 Å². The van der Waals surface area contributed by atoms with Crippen LogP contribution in [-0.4, -0.2) is 6.54 Å². The molecule has 0 aliphatic carbocycles. The molecule has 0 bridgehead atoms. The molecule has 0 saturated carbocycles. The third-order valence-corrected chi connectivity index (χ3v) is 6.38. The summed E-state index contributed by atoms with van der Waals surface area (Å²) in [5, 5.41) is 3.53. The lowest BCUT2D eigenvalue weighted by atomic mass is 10.00. The summed E-state index contributed by atoms with van der Waals surface area (Å²) in [6.07, 6.45) is 0. The molecule has 0 fully saturated rings. The van der Waals surface area contributed by atoms with Crippen LogP contribution in [0.3, 0.4) is 0 Å². The Labute approximate surface area is 139 Å². The molecule has 1 aromatic heterocycles. The van der Waals surface area contributed by atoms with Gasteiger partial charge < -0.3 is 5.32 Å². The molecule has 2 aromatic rings. The summed E-state index contributed by atoms with van der Waals surface area (Å²) < 4.78 is 2.89. The van der Waals surface area contributed by atoms with Gasteiger partial charge in [0.15, 0.2) is 0 Å². The van der Waals surface area contributed by atoms with Crippen LogP contribution < -0.4 is 5.32 Å². The Kier molecular flexibility index (Phi) is 5.49. The molecule has 19 heavy (non-hydrogen) atoms. The number of thiophene rings is 1. The number of halogens is 3. The number of nitrogens with one attached hydrogen (secondary N) is 1. The van der Waals surface area contributed by atoms with E-state index in [2.05, 4.69) is 75.3 Å². The number of hydrogen-bond donors (Lipinski definition) is 1. The Morgan fingerprint density at radius 1 is 1.32 bits per heavy atom. The van der Waals surface area contributed by atoms with Gasteiger partial charge in [-0.15, -0.1) is 11.3 Å². The van der Waals surface area contributed by atoms with E-state index in [1.165, 1.54) is 16.0 Å². The Hall–Kier alpha value is 0.130. The second-order valence-corrected chi connectivity index (χ2v) is 7.61. The molecule has 1 aromatic carbocycles. The van der Waals surface area contributed by atoms with E-state index in [1.54, 1.807) is 11.3 Å². The minimum atomic E-state index is 0.177. The Bertz CT molecular complexity index is 563. The lowest BCUT2D eigenvalue weighted by Gasteiger charge is -2.19. The highest BCUT2D eigenvalue weighted by atomic mass is 79.9. The molecule has 1 nitrogen and oxygen atoms in total. The molecule has 1 atom stereocenters. The Balaban J connectivity index is 2.48. The van der Waals surface area contributed by atoms with Gasteiger partial charge in [-0.2, -0.15) is 0 Å². The maximum absolute atomic E-state index is 6.17. The van der Waals surface area contributed by atoms with E-state index >= 15 is 0 Å². The van der Waals surface area contributed by atoms with Gasteiger partial charge in [0.2, 0.25) is 0 Å². The average Bonchev–Trinajstić information content (AvgIpc) is 2.70. The predicted octanol–water partition coefficient (Wildman–Crippen LogP) is 5.93. The molecule has 0 saturated heterocycles. The molecular weight excluding hydrogens is 409 g/mol. The number of rotatable bonds is 4.